The number of benzene rings is 2. The summed E-state index contributed by atoms with van der Waals surface area (Å²) in [6.45, 7) is 3.32. The molecular weight excluding hydrogens is 394 g/mol. The molecule has 2 aliphatic rings. The van der Waals surface area contributed by atoms with Crippen LogP contribution in [0.4, 0.5) is 5.69 Å². The predicted molar refractivity (Wildman–Crippen MR) is 112 cm³/mol. The van der Waals surface area contributed by atoms with Crippen molar-refractivity contribution >= 4 is 17.3 Å². The largest absolute Gasteiger partial charge is 0.490 e. The van der Waals surface area contributed by atoms with E-state index in [-0.39, 0.29) is 6.42 Å². The Labute approximate surface area is 176 Å². The summed E-state index contributed by atoms with van der Waals surface area (Å²) in [5.41, 5.74) is 3.31. The summed E-state index contributed by atoms with van der Waals surface area (Å²) in [6.07, 6.45) is 0.363. The van der Waals surface area contributed by atoms with Crippen LogP contribution in [-0.2, 0) is 11.2 Å². The molecule has 158 valence electrons. The highest BCUT2D eigenvalue weighted by Gasteiger charge is 2.39. The minimum absolute atomic E-state index is 0.0214. The maximum Gasteiger partial charge on any atom is 0.192 e. The Morgan fingerprint density at radius 3 is 2.66 bits per heavy atom. The van der Waals surface area contributed by atoms with Crippen molar-refractivity contribution in [3.63, 3.8) is 0 Å². The Morgan fingerprint density at radius 1 is 1.21 bits per heavy atom. The molecule has 29 heavy (non-hydrogen) atoms. The molecule has 0 radical (unpaired) electrons. The first-order chi connectivity index (χ1) is 13.9. The maximum absolute atomic E-state index is 9.88. The lowest BCUT2D eigenvalue weighted by atomic mass is 9.94. The molecule has 6 nitrogen and oxygen atoms in total. The highest BCUT2D eigenvalue weighted by molar-refractivity contribution is 6.30. The zero-order valence-electron chi connectivity index (χ0n) is 16.5. The van der Waals surface area contributed by atoms with E-state index in [4.69, 9.17) is 26.2 Å². The number of aliphatic hydroxyl groups excluding tert-OH is 2. The molecule has 1 saturated heterocycles. The summed E-state index contributed by atoms with van der Waals surface area (Å²) in [6, 6.07) is 13.3. The van der Waals surface area contributed by atoms with Gasteiger partial charge in [0.2, 0.25) is 0 Å². The summed E-state index contributed by atoms with van der Waals surface area (Å²) >= 11 is 5.78. The molecule has 0 saturated carbocycles. The molecule has 4 N–H and O–H groups in total. The van der Waals surface area contributed by atoms with E-state index in [1.165, 1.54) is 5.56 Å². The molecule has 3 unspecified atom stereocenters. The van der Waals surface area contributed by atoms with Crippen LogP contribution in [0.5, 0.6) is 5.75 Å². The first-order valence-corrected chi connectivity index (χ1v) is 10.2. The second-order valence-electron chi connectivity index (χ2n) is 7.32. The lowest BCUT2D eigenvalue weighted by Crippen LogP contribution is -2.45. The number of nitrogens with one attached hydrogen (secondary N) is 1. The standard InChI is InChI=1S/C12H15ClO4.C10H13NO/c13-9-3-1-8(2-4-9)11-5-10(15)6-12(16,7-14)17-11;1-2-8-3-4-10-9(7-8)11-5-6-12-10/h1-4,10-11,14-16H,5-7H2;3-4,7,11H,2,5-6H2,1H3. The van der Waals surface area contributed by atoms with Crippen LogP contribution in [0.3, 0.4) is 0 Å². The highest BCUT2D eigenvalue weighted by atomic mass is 35.5. The molecule has 0 bridgehead atoms. The lowest BCUT2D eigenvalue weighted by molar-refractivity contribution is -0.288. The number of hydrogen-bond donors (Lipinski definition) is 4. The molecule has 4 rings (SSSR count). The quantitative estimate of drug-likeness (QED) is 0.608. The van der Waals surface area contributed by atoms with Gasteiger partial charge < -0.3 is 30.1 Å². The second kappa shape index (κ2) is 9.78. The van der Waals surface area contributed by atoms with E-state index < -0.39 is 24.6 Å². The van der Waals surface area contributed by atoms with Crippen molar-refractivity contribution in [1.29, 1.82) is 0 Å². The van der Waals surface area contributed by atoms with Crippen LogP contribution in [0.1, 0.15) is 37.0 Å². The van der Waals surface area contributed by atoms with E-state index in [0.717, 1.165) is 36.6 Å². The Bertz CT molecular complexity index is 800. The third kappa shape index (κ3) is 5.84. The van der Waals surface area contributed by atoms with E-state index in [0.29, 0.717) is 11.4 Å². The number of aryl methyl sites for hydroxylation is 1. The van der Waals surface area contributed by atoms with Gasteiger partial charge in [0.25, 0.3) is 0 Å². The third-order valence-corrected chi connectivity index (χ3v) is 5.27. The zero-order valence-corrected chi connectivity index (χ0v) is 17.2. The summed E-state index contributed by atoms with van der Waals surface area (Å²) in [7, 11) is 0. The van der Waals surface area contributed by atoms with Crippen molar-refractivity contribution < 1.29 is 24.8 Å². The molecular formula is C22H28ClNO5. The number of aliphatic hydroxyl groups is 3. The van der Waals surface area contributed by atoms with Crippen molar-refractivity contribution in [2.75, 3.05) is 25.1 Å². The Balaban J connectivity index is 0.000000176. The fourth-order valence-electron chi connectivity index (χ4n) is 3.45. The molecule has 2 aliphatic heterocycles. The molecule has 2 heterocycles. The molecule has 2 aromatic rings. The van der Waals surface area contributed by atoms with E-state index in [2.05, 4.69) is 24.4 Å². The van der Waals surface area contributed by atoms with E-state index in [1.807, 2.05) is 6.07 Å². The van der Waals surface area contributed by atoms with Gasteiger partial charge >= 0.3 is 0 Å². The van der Waals surface area contributed by atoms with Crippen molar-refractivity contribution in [2.45, 2.75) is 44.2 Å². The van der Waals surface area contributed by atoms with Gasteiger partial charge in [-0.1, -0.05) is 36.7 Å². The van der Waals surface area contributed by atoms with Crippen LogP contribution in [0, 0.1) is 0 Å². The monoisotopic (exact) mass is 421 g/mol. The molecule has 3 atom stereocenters. The van der Waals surface area contributed by atoms with Gasteiger partial charge in [-0.2, -0.15) is 0 Å². The lowest BCUT2D eigenvalue weighted by Gasteiger charge is -2.38. The number of halogens is 1. The average Bonchev–Trinajstić information content (AvgIpc) is 2.73. The molecule has 2 aromatic carbocycles. The minimum atomic E-state index is -1.66. The van der Waals surface area contributed by atoms with Gasteiger partial charge in [0.1, 0.15) is 12.4 Å². The fourth-order valence-corrected chi connectivity index (χ4v) is 3.58. The van der Waals surface area contributed by atoms with Gasteiger partial charge in [0, 0.05) is 24.4 Å². The first-order valence-electron chi connectivity index (χ1n) is 9.86. The number of fused-ring (bicyclic) bond motifs is 1. The second-order valence-corrected chi connectivity index (χ2v) is 7.75. The van der Waals surface area contributed by atoms with Crippen molar-refractivity contribution in [3.8, 4) is 5.75 Å². The number of rotatable bonds is 3. The number of ether oxygens (including phenoxy) is 2. The van der Waals surface area contributed by atoms with E-state index >= 15 is 0 Å². The molecule has 0 aromatic heterocycles. The molecule has 7 heteroatoms. The van der Waals surface area contributed by atoms with E-state index in [1.54, 1.807) is 24.3 Å². The van der Waals surface area contributed by atoms with Crippen LogP contribution >= 0.6 is 11.6 Å². The Morgan fingerprint density at radius 2 is 1.97 bits per heavy atom. The summed E-state index contributed by atoms with van der Waals surface area (Å²) in [4.78, 5) is 0. The minimum Gasteiger partial charge on any atom is -0.490 e. The van der Waals surface area contributed by atoms with Gasteiger partial charge in [0.05, 0.1) is 24.5 Å². The summed E-state index contributed by atoms with van der Waals surface area (Å²) in [5.74, 6) is -0.680. The normalized spacial score (nSPS) is 25.7. The maximum atomic E-state index is 9.88. The average molecular weight is 422 g/mol. The smallest absolute Gasteiger partial charge is 0.192 e. The SMILES string of the molecule is CCc1ccc2c(c1)NCCO2.OCC1(O)CC(O)CC(c2ccc(Cl)cc2)O1. The van der Waals surface area contributed by atoms with Crippen LogP contribution < -0.4 is 10.1 Å². The first kappa shape index (κ1) is 21.9. The molecule has 0 aliphatic carbocycles. The van der Waals surface area contributed by atoms with E-state index in [9.17, 15) is 10.2 Å². The summed E-state index contributed by atoms with van der Waals surface area (Å²) in [5, 5.41) is 32.6. The fraction of sp³-hybridized carbons (Fsp3) is 0.455. The topological polar surface area (TPSA) is 91.2 Å². The predicted octanol–water partition coefficient (Wildman–Crippen LogP) is 3.29. The number of anilines is 1. The zero-order chi connectivity index (χ0) is 20.9. The third-order valence-electron chi connectivity index (χ3n) is 5.02. The van der Waals surface area contributed by atoms with Crippen LogP contribution in [0.25, 0.3) is 0 Å². The van der Waals surface area contributed by atoms with Crippen LogP contribution in [0.15, 0.2) is 42.5 Å². The Kier molecular flexibility index (Phi) is 7.38. The highest BCUT2D eigenvalue weighted by Crippen LogP contribution is 2.36. The van der Waals surface area contributed by atoms with Crippen molar-refractivity contribution in [2.24, 2.45) is 0 Å². The number of hydrogen-bond acceptors (Lipinski definition) is 6. The van der Waals surface area contributed by atoms with Crippen LogP contribution in [0.2, 0.25) is 5.02 Å². The van der Waals surface area contributed by atoms with Gasteiger partial charge in [-0.05, 0) is 41.8 Å². The van der Waals surface area contributed by atoms with Crippen LogP contribution in [-0.4, -0.2) is 47.0 Å². The summed E-state index contributed by atoms with van der Waals surface area (Å²) < 4.78 is 10.9. The van der Waals surface area contributed by atoms with Gasteiger partial charge in [-0.25, -0.2) is 0 Å². The van der Waals surface area contributed by atoms with Gasteiger partial charge in [-0.3, -0.25) is 0 Å². The van der Waals surface area contributed by atoms with Gasteiger partial charge in [-0.15, -0.1) is 0 Å². The molecule has 0 amide bonds. The Hall–Kier alpha value is -1.83. The molecule has 0 spiro atoms. The van der Waals surface area contributed by atoms with Gasteiger partial charge in [0.15, 0.2) is 5.79 Å². The van der Waals surface area contributed by atoms with Crippen molar-refractivity contribution in [3.05, 3.63) is 58.6 Å². The van der Waals surface area contributed by atoms with Crippen molar-refractivity contribution in [1.82, 2.24) is 0 Å². The molecule has 1 fully saturated rings.